The number of halogens is 1. The van der Waals surface area contributed by atoms with Crippen molar-refractivity contribution in [2.24, 2.45) is 7.05 Å². The van der Waals surface area contributed by atoms with Crippen LogP contribution in [0.25, 0.3) is 11.2 Å². The number of hydrogen-bond donors (Lipinski definition) is 2. The molecule has 0 saturated heterocycles. The molecule has 144 valence electrons. The van der Waals surface area contributed by atoms with Crippen LogP contribution in [0.3, 0.4) is 0 Å². The van der Waals surface area contributed by atoms with Gasteiger partial charge in [-0.15, -0.1) is 0 Å². The summed E-state index contributed by atoms with van der Waals surface area (Å²) in [5, 5.41) is 0. The summed E-state index contributed by atoms with van der Waals surface area (Å²) in [6.45, 7) is 3.84. The highest BCUT2D eigenvalue weighted by Crippen LogP contribution is 2.10. The van der Waals surface area contributed by atoms with Gasteiger partial charge in [0.15, 0.2) is 17.0 Å². The van der Waals surface area contributed by atoms with Crippen LogP contribution in [0, 0.1) is 5.82 Å². The molecule has 0 aliphatic heterocycles. The van der Waals surface area contributed by atoms with Crippen molar-refractivity contribution in [3.8, 4) is 0 Å². The predicted octanol–water partition coefficient (Wildman–Crippen LogP) is 0.577. The number of H-pyrrole nitrogens is 1. The van der Waals surface area contributed by atoms with Gasteiger partial charge in [0.2, 0.25) is 0 Å². The van der Waals surface area contributed by atoms with Crippen LogP contribution in [0.5, 0.6) is 0 Å². The average Bonchev–Trinajstić information content (AvgIpc) is 2.93. The topological polar surface area (TPSA) is 77.1 Å². The van der Waals surface area contributed by atoms with Crippen LogP contribution in [-0.2, 0) is 26.7 Å². The fourth-order valence-corrected chi connectivity index (χ4v) is 3.26. The minimum Gasteiger partial charge on any atom is -0.327 e. The molecule has 0 spiro atoms. The maximum absolute atomic E-state index is 13.1. The van der Waals surface area contributed by atoms with Crippen LogP contribution in [0.15, 0.2) is 33.9 Å². The highest BCUT2D eigenvalue weighted by Gasteiger charge is 2.18. The Kier molecular flexibility index (Phi) is 5.55. The van der Waals surface area contributed by atoms with Gasteiger partial charge in [-0.1, -0.05) is 25.5 Å². The maximum atomic E-state index is 13.1. The molecule has 2 aromatic heterocycles. The van der Waals surface area contributed by atoms with E-state index in [0.717, 1.165) is 29.1 Å². The molecule has 3 rings (SSSR count). The Bertz CT molecular complexity index is 1050. The minimum atomic E-state index is -0.419. The Labute approximate surface area is 156 Å². The molecular formula is C19H25FN5O2+. The molecule has 1 atom stereocenters. The minimum absolute atomic E-state index is 0.254. The third-order valence-corrected chi connectivity index (χ3v) is 4.72. The Morgan fingerprint density at radius 2 is 1.89 bits per heavy atom. The zero-order chi connectivity index (χ0) is 19.6. The van der Waals surface area contributed by atoms with Gasteiger partial charge in [-0.25, -0.2) is 14.2 Å². The van der Waals surface area contributed by atoms with Gasteiger partial charge in [-0.2, -0.15) is 0 Å². The summed E-state index contributed by atoms with van der Waals surface area (Å²) >= 11 is 0. The van der Waals surface area contributed by atoms with Crippen LogP contribution in [-0.4, -0.2) is 26.1 Å². The second kappa shape index (κ2) is 7.87. The number of unbranched alkanes of at least 4 members (excludes halogenated alkanes) is 1. The average molecular weight is 374 g/mol. The van der Waals surface area contributed by atoms with Gasteiger partial charge in [0.25, 0.3) is 5.56 Å². The van der Waals surface area contributed by atoms with Crippen molar-refractivity contribution in [2.45, 2.75) is 39.4 Å². The first-order chi connectivity index (χ1) is 12.9. The highest BCUT2D eigenvalue weighted by molar-refractivity contribution is 5.70. The van der Waals surface area contributed by atoms with E-state index in [1.165, 1.54) is 12.1 Å². The molecule has 2 N–H and O–H groups in total. The van der Waals surface area contributed by atoms with E-state index in [-0.39, 0.29) is 5.82 Å². The molecule has 2 heterocycles. The van der Waals surface area contributed by atoms with Gasteiger partial charge in [0.05, 0.1) is 7.05 Å². The monoisotopic (exact) mass is 374 g/mol. The lowest BCUT2D eigenvalue weighted by molar-refractivity contribution is -0.908. The number of aromatic nitrogens is 4. The number of nitrogens with zero attached hydrogens (tertiary/aromatic N) is 3. The fourth-order valence-electron chi connectivity index (χ4n) is 3.26. The zero-order valence-electron chi connectivity index (χ0n) is 15.9. The standard InChI is InChI=1S/C19H24FN5O2/c1-4-5-10-25-17-16(18(26)22-19(25)27)24(3)15(21-17)12-23(2)11-13-6-8-14(20)9-7-13/h6-9H,4-5,10-12H2,1-3H3,(H,22,26,27)/p+1. The van der Waals surface area contributed by atoms with E-state index in [1.807, 2.05) is 14.0 Å². The van der Waals surface area contributed by atoms with E-state index in [9.17, 15) is 14.0 Å². The number of fused-ring (bicyclic) bond motifs is 1. The quantitative estimate of drug-likeness (QED) is 0.635. The molecule has 0 saturated carbocycles. The van der Waals surface area contributed by atoms with Gasteiger partial charge >= 0.3 is 5.69 Å². The zero-order valence-corrected chi connectivity index (χ0v) is 15.9. The Hall–Kier alpha value is -2.74. The third-order valence-electron chi connectivity index (χ3n) is 4.72. The lowest BCUT2D eigenvalue weighted by Crippen LogP contribution is -3.06. The summed E-state index contributed by atoms with van der Waals surface area (Å²) in [5.74, 6) is 0.474. The van der Waals surface area contributed by atoms with Crippen molar-refractivity contribution in [3.63, 3.8) is 0 Å². The van der Waals surface area contributed by atoms with Crippen LogP contribution in [0.4, 0.5) is 4.39 Å². The molecule has 27 heavy (non-hydrogen) atoms. The lowest BCUT2D eigenvalue weighted by Gasteiger charge is -2.13. The predicted molar refractivity (Wildman–Crippen MR) is 101 cm³/mol. The van der Waals surface area contributed by atoms with Crippen molar-refractivity contribution >= 4 is 11.2 Å². The van der Waals surface area contributed by atoms with E-state index in [1.54, 1.807) is 28.3 Å². The first-order valence-electron chi connectivity index (χ1n) is 9.15. The second-order valence-electron chi connectivity index (χ2n) is 6.96. The second-order valence-corrected chi connectivity index (χ2v) is 6.96. The van der Waals surface area contributed by atoms with E-state index in [4.69, 9.17) is 0 Å². The molecule has 0 radical (unpaired) electrons. The summed E-state index contributed by atoms with van der Waals surface area (Å²) in [6.07, 6.45) is 1.78. The summed E-state index contributed by atoms with van der Waals surface area (Å²) in [7, 11) is 3.80. The number of rotatable bonds is 7. The summed E-state index contributed by atoms with van der Waals surface area (Å²) in [6, 6.07) is 6.43. The molecule has 1 unspecified atom stereocenters. The number of nitrogens with one attached hydrogen (secondary N) is 2. The van der Waals surface area contributed by atoms with Crippen molar-refractivity contribution < 1.29 is 9.29 Å². The van der Waals surface area contributed by atoms with E-state index in [0.29, 0.717) is 30.8 Å². The maximum Gasteiger partial charge on any atom is 0.330 e. The molecule has 7 nitrogen and oxygen atoms in total. The molecular weight excluding hydrogens is 349 g/mol. The van der Waals surface area contributed by atoms with Crippen LogP contribution in [0.2, 0.25) is 0 Å². The third kappa shape index (κ3) is 4.00. The first-order valence-corrected chi connectivity index (χ1v) is 9.15. The molecule has 8 heteroatoms. The molecule has 3 aromatic rings. The van der Waals surface area contributed by atoms with E-state index < -0.39 is 11.2 Å². The first kappa shape index (κ1) is 19.0. The largest absolute Gasteiger partial charge is 0.330 e. The van der Waals surface area contributed by atoms with Gasteiger partial charge < -0.3 is 9.47 Å². The molecule has 0 aliphatic carbocycles. The molecule has 1 aromatic carbocycles. The molecule has 0 aliphatic rings. The molecule has 0 amide bonds. The van der Waals surface area contributed by atoms with Crippen LogP contribution >= 0.6 is 0 Å². The number of aromatic amines is 1. The molecule has 0 fully saturated rings. The van der Waals surface area contributed by atoms with Crippen molar-refractivity contribution in [1.82, 2.24) is 19.1 Å². The lowest BCUT2D eigenvalue weighted by atomic mass is 10.2. The van der Waals surface area contributed by atoms with Crippen LogP contribution in [0.1, 0.15) is 31.2 Å². The Balaban J connectivity index is 1.91. The SMILES string of the molecule is CCCCn1c(=O)[nH]c(=O)c2c1nc(C[NH+](C)Cc1ccc(F)cc1)n2C. The number of aryl methyl sites for hydroxylation is 2. The number of imidazole rings is 1. The fraction of sp³-hybridized carbons (Fsp3) is 0.421. The van der Waals surface area contributed by atoms with Gasteiger partial charge in [-0.3, -0.25) is 14.3 Å². The normalized spacial score (nSPS) is 12.6. The van der Waals surface area contributed by atoms with Crippen molar-refractivity contribution in [3.05, 3.63) is 62.3 Å². The van der Waals surface area contributed by atoms with Gasteiger partial charge in [-0.05, 0) is 18.6 Å². The summed E-state index contributed by atoms with van der Waals surface area (Å²) in [5.41, 5.74) is 1.03. The molecule has 0 bridgehead atoms. The number of hydrogen-bond acceptors (Lipinski definition) is 3. The Morgan fingerprint density at radius 1 is 1.19 bits per heavy atom. The Morgan fingerprint density at radius 3 is 2.56 bits per heavy atom. The number of benzene rings is 1. The smallest absolute Gasteiger partial charge is 0.327 e. The van der Waals surface area contributed by atoms with E-state index >= 15 is 0 Å². The van der Waals surface area contributed by atoms with E-state index in [2.05, 4.69) is 9.97 Å². The summed E-state index contributed by atoms with van der Waals surface area (Å²) < 4.78 is 16.4. The van der Waals surface area contributed by atoms with Crippen molar-refractivity contribution in [2.75, 3.05) is 7.05 Å². The number of quaternary nitrogens is 1. The highest BCUT2D eigenvalue weighted by atomic mass is 19.1. The van der Waals surface area contributed by atoms with Gasteiger partial charge in [0, 0.05) is 19.2 Å². The van der Waals surface area contributed by atoms with Crippen molar-refractivity contribution in [1.29, 1.82) is 0 Å². The summed E-state index contributed by atoms with van der Waals surface area (Å²) in [4.78, 5) is 32.6. The van der Waals surface area contributed by atoms with Gasteiger partial charge in [0.1, 0.15) is 18.9 Å². The van der Waals surface area contributed by atoms with Crippen LogP contribution < -0.4 is 16.1 Å².